The number of likely N-dealkylation sites (tertiary alicyclic amines) is 1. The van der Waals surface area contributed by atoms with E-state index in [1.807, 2.05) is 0 Å². The highest BCUT2D eigenvalue weighted by atomic mass is 16.5. The smallest absolute Gasteiger partial charge is 0.243 e. The second kappa shape index (κ2) is 8.85. The molecule has 1 N–H and O–H groups in total. The minimum atomic E-state index is -0.313. The molecule has 0 spiro atoms. The van der Waals surface area contributed by atoms with E-state index in [2.05, 4.69) is 48.3 Å². The van der Waals surface area contributed by atoms with Crippen molar-refractivity contribution >= 4 is 11.8 Å². The van der Waals surface area contributed by atoms with Crippen LogP contribution in [0, 0.1) is 0 Å². The number of rotatable bonds is 5. The highest BCUT2D eigenvalue weighted by Gasteiger charge is 2.32. The van der Waals surface area contributed by atoms with Gasteiger partial charge in [-0.2, -0.15) is 0 Å². The van der Waals surface area contributed by atoms with Crippen LogP contribution in [-0.2, 0) is 27.4 Å². The molecule has 6 heteroatoms. The largest absolute Gasteiger partial charge is 0.373 e. The Bertz CT molecular complexity index is 651. The van der Waals surface area contributed by atoms with Gasteiger partial charge in [0, 0.05) is 39.6 Å². The lowest BCUT2D eigenvalue weighted by Crippen LogP contribution is -2.45. The van der Waals surface area contributed by atoms with Crippen molar-refractivity contribution < 1.29 is 14.3 Å². The third kappa shape index (κ3) is 5.30. The number of morpholine rings is 1. The van der Waals surface area contributed by atoms with Crippen LogP contribution in [0.3, 0.4) is 0 Å². The van der Waals surface area contributed by atoms with Gasteiger partial charge >= 0.3 is 0 Å². The quantitative estimate of drug-likeness (QED) is 0.857. The molecule has 3 atom stereocenters. The van der Waals surface area contributed by atoms with E-state index in [4.69, 9.17) is 4.74 Å². The van der Waals surface area contributed by atoms with Crippen LogP contribution in [0.5, 0.6) is 0 Å². The van der Waals surface area contributed by atoms with Crippen LogP contribution in [0.15, 0.2) is 24.3 Å². The Hall–Kier alpha value is -1.92. The van der Waals surface area contributed by atoms with E-state index >= 15 is 0 Å². The summed E-state index contributed by atoms with van der Waals surface area (Å²) in [5.74, 6) is -0.0770. The molecule has 148 valence electrons. The maximum Gasteiger partial charge on any atom is 0.243 e. The molecule has 2 heterocycles. The van der Waals surface area contributed by atoms with Gasteiger partial charge in [-0.05, 0) is 37.8 Å². The number of carbonyl (C=O) groups excluding carboxylic acids is 2. The molecule has 2 saturated heterocycles. The van der Waals surface area contributed by atoms with E-state index in [0.717, 1.165) is 38.0 Å². The first kappa shape index (κ1) is 19.8. The molecule has 3 rings (SSSR count). The van der Waals surface area contributed by atoms with Crippen LogP contribution in [-0.4, -0.2) is 59.5 Å². The van der Waals surface area contributed by atoms with Gasteiger partial charge in [0.15, 0.2) is 0 Å². The molecule has 2 amide bonds. The maximum absolute atomic E-state index is 12.4. The van der Waals surface area contributed by atoms with Crippen LogP contribution >= 0.6 is 0 Å². The Morgan fingerprint density at radius 1 is 1.11 bits per heavy atom. The molecule has 0 aromatic heterocycles. The van der Waals surface area contributed by atoms with E-state index in [1.165, 1.54) is 12.5 Å². The molecule has 0 aliphatic carbocycles. The molecule has 27 heavy (non-hydrogen) atoms. The zero-order chi connectivity index (χ0) is 19.4. The first-order chi connectivity index (χ1) is 12.9. The minimum Gasteiger partial charge on any atom is -0.373 e. The van der Waals surface area contributed by atoms with Crippen molar-refractivity contribution in [1.82, 2.24) is 15.1 Å². The lowest BCUT2D eigenvalue weighted by molar-refractivity contribution is -0.136. The summed E-state index contributed by atoms with van der Waals surface area (Å²) in [6.45, 7) is 9.76. The van der Waals surface area contributed by atoms with Crippen LogP contribution < -0.4 is 5.32 Å². The van der Waals surface area contributed by atoms with Gasteiger partial charge < -0.3 is 15.0 Å². The van der Waals surface area contributed by atoms with E-state index < -0.39 is 0 Å². The number of hydrogen-bond donors (Lipinski definition) is 1. The van der Waals surface area contributed by atoms with Crippen molar-refractivity contribution in [3.8, 4) is 0 Å². The molecule has 6 nitrogen and oxygen atoms in total. The summed E-state index contributed by atoms with van der Waals surface area (Å²) < 4.78 is 5.79. The first-order valence-corrected chi connectivity index (χ1v) is 9.93. The van der Waals surface area contributed by atoms with Gasteiger partial charge in [0.05, 0.1) is 12.2 Å². The molecule has 0 saturated carbocycles. The number of carbonyl (C=O) groups is 2. The molecule has 0 radical (unpaired) electrons. The van der Waals surface area contributed by atoms with Crippen molar-refractivity contribution in [1.29, 1.82) is 0 Å². The Morgan fingerprint density at radius 2 is 1.74 bits per heavy atom. The van der Waals surface area contributed by atoms with Gasteiger partial charge in [0.25, 0.3) is 0 Å². The predicted molar refractivity (Wildman–Crippen MR) is 104 cm³/mol. The van der Waals surface area contributed by atoms with Crippen LogP contribution in [0.1, 0.15) is 44.7 Å². The van der Waals surface area contributed by atoms with Crippen molar-refractivity contribution in [3.05, 3.63) is 35.4 Å². The summed E-state index contributed by atoms with van der Waals surface area (Å²) in [7, 11) is 0. The lowest BCUT2D eigenvalue weighted by atomic mass is 10.1. The van der Waals surface area contributed by atoms with Crippen LogP contribution in [0.25, 0.3) is 0 Å². The van der Waals surface area contributed by atoms with Gasteiger partial charge in [0.2, 0.25) is 11.8 Å². The summed E-state index contributed by atoms with van der Waals surface area (Å²) in [5, 5.41) is 2.98. The Balaban J connectivity index is 1.49. The summed E-state index contributed by atoms with van der Waals surface area (Å²) >= 11 is 0. The Kier molecular flexibility index (Phi) is 6.50. The highest BCUT2D eigenvalue weighted by Crippen LogP contribution is 2.18. The minimum absolute atomic E-state index is 0.0243. The summed E-state index contributed by atoms with van der Waals surface area (Å²) in [4.78, 5) is 28.1. The standard InChI is InChI=1S/C21H31N3O3/c1-15-12-23(13-16(2)27-15)14-19-8-6-18(7-9-19)11-22-21(26)20-5-4-10-24(20)17(3)25/h6-9,15-16,20H,4-5,10-14H2,1-3H3,(H,22,26)/t15-,16-,20+/m0/s1. The molecular weight excluding hydrogens is 342 g/mol. The maximum atomic E-state index is 12.4. The summed E-state index contributed by atoms with van der Waals surface area (Å²) in [6.07, 6.45) is 2.19. The molecule has 2 fully saturated rings. The Morgan fingerprint density at radius 3 is 2.37 bits per heavy atom. The van der Waals surface area contributed by atoms with E-state index in [9.17, 15) is 9.59 Å². The third-order valence-electron chi connectivity index (χ3n) is 5.35. The second-order valence-corrected chi connectivity index (χ2v) is 7.86. The van der Waals surface area contributed by atoms with Crippen molar-refractivity contribution in [2.45, 2.75) is 65.0 Å². The molecule has 0 bridgehead atoms. The number of ether oxygens (including phenoxy) is 1. The monoisotopic (exact) mass is 373 g/mol. The van der Waals surface area contributed by atoms with Gasteiger partial charge in [-0.1, -0.05) is 24.3 Å². The zero-order valence-electron chi connectivity index (χ0n) is 16.6. The lowest BCUT2D eigenvalue weighted by Gasteiger charge is -2.35. The Labute approximate surface area is 161 Å². The molecule has 2 aliphatic heterocycles. The third-order valence-corrected chi connectivity index (χ3v) is 5.35. The van der Waals surface area contributed by atoms with Gasteiger partial charge in [-0.15, -0.1) is 0 Å². The van der Waals surface area contributed by atoms with E-state index in [1.54, 1.807) is 4.90 Å². The van der Waals surface area contributed by atoms with Gasteiger partial charge in [-0.3, -0.25) is 14.5 Å². The normalized spacial score (nSPS) is 26.2. The average molecular weight is 373 g/mol. The van der Waals surface area contributed by atoms with Gasteiger partial charge in [0.1, 0.15) is 6.04 Å². The second-order valence-electron chi connectivity index (χ2n) is 7.86. The molecule has 0 unspecified atom stereocenters. The molecule has 1 aromatic rings. The number of amides is 2. The fourth-order valence-corrected chi connectivity index (χ4v) is 4.16. The fourth-order valence-electron chi connectivity index (χ4n) is 4.16. The number of nitrogens with one attached hydrogen (secondary N) is 1. The van der Waals surface area contributed by atoms with Crippen LogP contribution in [0.4, 0.5) is 0 Å². The van der Waals surface area contributed by atoms with Crippen molar-refractivity contribution in [2.75, 3.05) is 19.6 Å². The van der Waals surface area contributed by atoms with Gasteiger partial charge in [-0.25, -0.2) is 0 Å². The predicted octanol–water partition coefficient (Wildman–Crippen LogP) is 1.92. The summed E-state index contributed by atoms with van der Waals surface area (Å²) in [5.41, 5.74) is 2.34. The topological polar surface area (TPSA) is 61.9 Å². The SMILES string of the molecule is CC(=O)N1CCC[C@@H]1C(=O)NCc1ccc(CN2C[C@H](C)O[C@@H](C)C2)cc1. The first-order valence-electron chi connectivity index (χ1n) is 9.93. The van der Waals surface area contributed by atoms with Crippen molar-refractivity contribution in [3.63, 3.8) is 0 Å². The molecule has 2 aliphatic rings. The number of hydrogen-bond acceptors (Lipinski definition) is 4. The van der Waals surface area contributed by atoms with Crippen LogP contribution in [0.2, 0.25) is 0 Å². The number of benzene rings is 1. The molecule has 1 aromatic carbocycles. The van der Waals surface area contributed by atoms with Crippen molar-refractivity contribution in [2.24, 2.45) is 0 Å². The fraction of sp³-hybridized carbons (Fsp3) is 0.619. The van der Waals surface area contributed by atoms with E-state index in [-0.39, 0.29) is 30.1 Å². The average Bonchev–Trinajstić information content (AvgIpc) is 3.10. The van der Waals surface area contributed by atoms with E-state index in [0.29, 0.717) is 13.1 Å². The number of nitrogens with zero attached hydrogens (tertiary/aromatic N) is 2. The highest BCUT2D eigenvalue weighted by molar-refractivity contribution is 5.87. The zero-order valence-corrected chi connectivity index (χ0v) is 16.6. The molecular formula is C21H31N3O3. The summed E-state index contributed by atoms with van der Waals surface area (Å²) in [6, 6.07) is 8.08.